The summed E-state index contributed by atoms with van der Waals surface area (Å²) in [5.41, 5.74) is 1.27. The summed E-state index contributed by atoms with van der Waals surface area (Å²) >= 11 is 0. The Hall–Kier alpha value is -2.37. The normalized spacial score (nSPS) is 21.5. The van der Waals surface area contributed by atoms with Crippen LogP contribution in [0.5, 0.6) is 0 Å². The minimum Gasteiger partial charge on any atom is -0.481 e. The minimum atomic E-state index is -0.783. The number of para-hydroxylation sites is 1. The molecule has 0 saturated heterocycles. The molecule has 1 aliphatic carbocycles. The van der Waals surface area contributed by atoms with Crippen molar-refractivity contribution in [1.82, 2.24) is 10.5 Å². The van der Waals surface area contributed by atoms with Crippen molar-refractivity contribution in [1.29, 1.82) is 0 Å². The Balaban J connectivity index is 1.61. The van der Waals surface area contributed by atoms with Gasteiger partial charge in [0.2, 0.25) is 5.91 Å². The van der Waals surface area contributed by atoms with Crippen LogP contribution >= 0.6 is 0 Å². The van der Waals surface area contributed by atoms with Gasteiger partial charge in [0.25, 0.3) is 0 Å². The van der Waals surface area contributed by atoms with E-state index in [4.69, 9.17) is 9.63 Å². The highest BCUT2D eigenvalue weighted by Crippen LogP contribution is 2.26. The Morgan fingerprint density at radius 2 is 2.14 bits per heavy atom. The molecule has 3 rings (SSSR count). The zero-order chi connectivity index (χ0) is 14.8. The van der Waals surface area contributed by atoms with E-state index >= 15 is 0 Å². The molecule has 21 heavy (non-hydrogen) atoms. The van der Waals surface area contributed by atoms with E-state index in [1.807, 2.05) is 18.2 Å². The van der Waals surface area contributed by atoms with E-state index in [1.165, 1.54) is 0 Å². The summed E-state index contributed by atoms with van der Waals surface area (Å²) in [7, 11) is 0. The third-order valence-corrected chi connectivity index (χ3v) is 3.93. The Morgan fingerprint density at radius 3 is 2.90 bits per heavy atom. The van der Waals surface area contributed by atoms with Gasteiger partial charge in [-0.1, -0.05) is 17.3 Å². The summed E-state index contributed by atoms with van der Waals surface area (Å²) < 4.78 is 5.16. The number of carbonyl (C=O) groups is 2. The van der Waals surface area contributed by atoms with Crippen LogP contribution < -0.4 is 5.32 Å². The fourth-order valence-electron chi connectivity index (χ4n) is 2.83. The molecule has 1 saturated carbocycles. The van der Waals surface area contributed by atoms with Crippen molar-refractivity contribution < 1.29 is 19.2 Å². The topological polar surface area (TPSA) is 92.4 Å². The van der Waals surface area contributed by atoms with Crippen LogP contribution in [-0.4, -0.2) is 28.2 Å². The Bertz CT molecular complexity index is 679. The summed E-state index contributed by atoms with van der Waals surface area (Å²) in [6.45, 7) is 0. The van der Waals surface area contributed by atoms with Gasteiger partial charge in [-0.15, -0.1) is 0 Å². The molecule has 6 nitrogen and oxygen atoms in total. The average molecular weight is 288 g/mol. The van der Waals surface area contributed by atoms with Crippen LogP contribution in [0.25, 0.3) is 11.0 Å². The van der Waals surface area contributed by atoms with Crippen LogP contribution in [0.4, 0.5) is 0 Å². The molecule has 1 aromatic heterocycles. The molecule has 1 heterocycles. The summed E-state index contributed by atoms with van der Waals surface area (Å²) in [5, 5.41) is 16.6. The highest BCUT2D eigenvalue weighted by molar-refractivity contribution is 5.86. The number of carboxylic acids is 1. The third-order valence-electron chi connectivity index (χ3n) is 3.93. The van der Waals surface area contributed by atoms with E-state index in [0.717, 1.165) is 5.39 Å². The van der Waals surface area contributed by atoms with E-state index < -0.39 is 5.97 Å². The molecule has 1 amide bonds. The number of carboxylic acid groups (broad SMARTS) is 1. The zero-order valence-electron chi connectivity index (χ0n) is 11.4. The molecule has 2 atom stereocenters. The second-order valence-electron chi connectivity index (χ2n) is 5.41. The molecule has 1 aromatic carbocycles. The Kier molecular flexibility index (Phi) is 3.60. The second-order valence-corrected chi connectivity index (χ2v) is 5.41. The first-order chi connectivity index (χ1) is 10.1. The number of nitrogens with one attached hydrogen (secondary N) is 1. The van der Waals surface area contributed by atoms with Crippen molar-refractivity contribution in [2.45, 2.75) is 31.7 Å². The van der Waals surface area contributed by atoms with Gasteiger partial charge in [-0.05, 0) is 31.4 Å². The van der Waals surface area contributed by atoms with Crippen LogP contribution in [0, 0.1) is 5.92 Å². The lowest BCUT2D eigenvalue weighted by atomic mass is 10.1. The van der Waals surface area contributed by atoms with Crippen LogP contribution in [0.15, 0.2) is 28.8 Å². The number of amides is 1. The van der Waals surface area contributed by atoms with Gasteiger partial charge in [-0.3, -0.25) is 9.59 Å². The number of hydrogen-bond acceptors (Lipinski definition) is 4. The first-order valence-corrected chi connectivity index (χ1v) is 6.99. The molecule has 1 aliphatic rings. The van der Waals surface area contributed by atoms with Crippen LogP contribution in [0.3, 0.4) is 0 Å². The maximum atomic E-state index is 12.0. The summed E-state index contributed by atoms with van der Waals surface area (Å²) in [6.07, 6.45) is 1.97. The highest BCUT2D eigenvalue weighted by Gasteiger charge is 2.30. The predicted molar refractivity (Wildman–Crippen MR) is 74.6 cm³/mol. The molecular weight excluding hydrogens is 272 g/mol. The maximum Gasteiger partial charge on any atom is 0.306 e. The third kappa shape index (κ3) is 2.89. The molecule has 2 N–H and O–H groups in total. The van der Waals surface area contributed by atoms with E-state index in [1.54, 1.807) is 6.07 Å². The molecule has 0 aliphatic heterocycles. The molecule has 2 unspecified atom stereocenters. The van der Waals surface area contributed by atoms with Crippen molar-refractivity contribution in [3.63, 3.8) is 0 Å². The molecular formula is C15H16N2O4. The summed E-state index contributed by atoms with van der Waals surface area (Å²) in [4.78, 5) is 22.9. The van der Waals surface area contributed by atoms with Crippen molar-refractivity contribution in [2.24, 2.45) is 5.92 Å². The molecule has 110 valence electrons. The van der Waals surface area contributed by atoms with Gasteiger partial charge in [-0.25, -0.2) is 0 Å². The molecule has 2 aromatic rings. The van der Waals surface area contributed by atoms with Crippen LogP contribution in [0.1, 0.15) is 25.0 Å². The monoisotopic (exact) mass is 288 g/mol. The highest BCUT2D eigenvalue weighted by atomic mass is 16.5. The first kappa shape index (κ1) is 13.6. The molecule has 6 heteroatoms. The van der Waals surface area contributed by atoms with Gasteiger partial charge >= 0.3 is 5.97 Å². The van der Waals surface area contributed by atoms with Gasteiger partial charge in [0.15, 0.2) is 5.58 Å². The Labute approximate surface area is 121 Å². The largest absolute Gasteiger partial charge is 0.481 e. The number of nitrogens with zero attached hydrogens (tertiary/aromatic N) is 1. The molecule has 0 radical (unpaired) electrons. The van der Waals surface area contributed by atoms with Gasteiger partial charge in [0, 0.05) is 11.4 Å². The first-order valence-electron chi connectivity index (χ1n) is 6.99. The summed E-state index contributed by atoms with van der Waals surface area (Å²) in [5.74, 6) is -1.28. The lowest BCUT2D eigenvalue weighted by molar-refractivity contribution is -0.141. The van der Waals surface area contributed by atoms with Crippen LogP contribution in [0.2, 0.25) is 0 Å². The number of benzene rings is 1. The SMILES string of the molecule is O=C(Cc1noc2ccccc12)NC1CCC(C(=O)O)C1. The van der Waals surface area contributed by atoms with Gasteiger partial charge in [-0.2, -0.15) is 0 Å². The van der Waals surface area contributed by atoms with Gasteiger partial charge in [0.05, 0.1) is 12.3 Å². The lowest BCUT2D eigenvalue weighted by Crippen LogP contribution is -2.34. The van der Waals surface area contributed by atoms with E-state index in [2.05, 4.69) is 10.5 Å². The van der Waals surface area contributed by atoms with E-state index in [0.29, 0.717) is 30.5 Å². The van der Waals surface area contributed by atoms with Gasteiger partial charge in [0.1, 0.15) is 5.69 Å². The fraction of sp³-hybridized carbons (Fsp3) is 0.400. The summed E-state index contributed by atoms with van der Waals surface area (Å²) in [6, 6.07) is 7.33. The van der Waals surface area contributed by atoms with E-state index in [9.17, 15) is 9.59 Å². The smallest absolute Gasteiger partial charge is 0.306 e. The molecule has 0 spiro atoms. The quantitative estimate of drug-likeness (QED) is 0.894. The van der Waals surface area contributed by atoms with E-state index in [-0.39, 0.29) is 24.3 Å². The standard InChI is InChI=1S/C15H16N2O4/c18-14(16-10-6-5-9(7-10)15(19)20)8-12-11-3-1-2-4-13(11)21-17-12/h1-4,9-10H,5-8H2,(H,16,18)(H,19,20). The number of aliphatic carboxylic acids is 1. The second kappa shape index (κ2) is 5.55. The van der Waals surface area contributed by atoms with Crippen molar-refractivity contribution >= 4 is 22.8 Å². The van der Waals surface area contributed by atoms with Crippen molar-refractivity contribution in [2.75, 3.05) is 0 Å². The van der Waals surface area contributed by atoms with Crippen LogP contribution in [-0.2, 0) is 16.0 Å². The van der Waals surface area contributed by atoms with Gasteiger partial charge < -0.3 is 14.9 Å². The lowest BCUT2D eigenvalue weighted by Gasteiger charge is -2.11. The Morgan fingerprint density at radius 1 is 1.33 bits per heavy atom. The number of rotatable bonds is 4. The molecule has 1 fully saturated rings. The number of aromatic nitrogens is 1. The fourth-order valence-corrected chi connectivity index (χ4v) is 2.83. The van der Waals surface area contributed by atoms with Crippen molar-refractivity contribution in [3.8, 4) is 0 Å². The maximum absolute atomic E-state index is 12.0. The number of carbonyl (C=O) groups excluding carboxylic acids is 1. The molecule has 0 bridgehead atoms. The number of hydrogen-bond donors (Lipinski definition) is 2. The predicted octanol–water partition coefficient (Wildman–Crippen LogP) is 1.74. The van der Waals surface area contributed by atoms with Crippen molar-refractivity contribution in [3.05, 3.63) is 30.0 Å². The average Bonchev–Trinajstić information content (AvgIpc) is 3.07. The number of fused-ring (bicyclic) bond motifs is 1. The zero-order valence-corrected chi connectivity index (χ0v) is 11.4. The minimum absolute atomic E-state index is 0.0586.